The van der Waals surface area contributed by atoms with Crippen LogP contribution in [0, 0.1) is 19.7 Å². The van der Waals surface area contributed by atoms with Crippen LogP contribution in [0.4, 0.5) is 4.39 Å². The van der Waals surface area contributed by atoms with Gasteiger partial charge in [-0.05, 0) is 54.8 Å². The van der Waals surface area contributed by atoms with Gasteiger partial charge in [0.2, 0.25) is 0 Å². The predicted molar refractivity (Wildman–Crippen MR) is 88.5 cm³/mol. The lowest BCUT2D eigenvalue weighted by atomic mass is 9.98. The van der Waals surface area contributed by atoms with Gasteiger partial charge in [-0.3, -0.25) is 0 Å². The highest BCUT2D eigenvalue weighted by molar-refractivity contribution is 9.11. The van der Waals surface area contributed by atoms with Crippen molar-refractivity contribution in [2.75, 3.05) is 0 Å². The van der Waals surface area contributed by atoms with Gasteiger partial charge in [-0.15, -0.1) is 0 Å². The molecular weight excluding hydrogens is 439 g/mol. The van der Waals surface area contributed by atoms with E-state index in [4.69, 9.17) is 0 Å². The topological polar surface area (TPSA) is 0 Å². The fraction of sp³-hybridized carbons (Fsp3) is 0.200. The Hall–Kier alpha value is -0.190. The van der Waals surface area contributed by atoms with Crippen molar-refractivity contribution in [2.24, 2.45) is 0 Å². The fourth-order valence-corrected chi connectivity index (χ4v) is 3.63. The summed E-state index contributed by atoms with van der Waals surface area (Å²) in [6.45, 7) is 4.06. The monoisotopic (exact) mass is 448 g/mol. The van der Waals surface area contributed by atoms with Crippen molar-refractivity contribution in [3.63, 3.8) is 0 Å². The lowest BCUT2D eigenvalue weighted by Crippen LogP contribution is -2.00. The SMILES string of the molecule is Cc1cc(C(Br)c2cc(Br)ccc2F)c(C)cc1Br. The Labute approximate surface area is 137 Å². The van der Waals surface area contributed by atoms with E-state index in [0.29, 0.717) is 5.56 Å². The fourth-order valence-electron chi connectivity index (χ4n) is 1.95. The average Bonchev–Trinajstić information content (AvgIpc) is 2.36. The summed E-state index contributed by atoms with van der Waals surface area (Å²) in [7, 11) is 0. The predicted octanol–water partition coefficient (Wildman–Crippen LogP) is 6.45. The third-order valence-electron chi connectivity index (χ3n) is 3.05. The first-order valence-electron chi connectivity index (χ1n) is 5.76. The second-order valence-electron chi connectivity index (χ2n) is 4.49. The number of rotatable bonds is 2. The second-order valence-corrected chi connectivity index (χ2v) is 7.17. The van der Waals surface area contributed by atoms with Crippen LogP contribution in [0.3, 0.4) is 0 Å². The van der Waals surface area contributed by atoms with Crippen LogP contribution >= 0.6 is 47.8 Å². The molecule has 0 aliphatic carbocycles. The number of alkyl halides is 1. The standard InChI is InChI=1S/C15H12Br3F/c1-8-6-13(17)9(2)5-11(8)15(18)12-7-10(16)3-4-14(12)19/h3-7,15H,1-2H3. The van der Waals surface area contributed by atoms with Crippen LogP contribution in [0.15, 0.2) is 39.3 Å². The van der Waals surface area contributed by atoms with Crippen molar-refractivity contribution in [2.45, 2.75) is 18.7 Å². The summed E-state index contributed by atoms with van der Waals surface area (Å²) in [5.74, 6) is -0.204. The van der Waals surface area contributed by atoms with E-state index in [1.807, 2.05) is 19.9 Å². The smallest absolute Gasteiger partial charge is 0.127 e. The highest BCUT2D eigenvalue weighted by atomic mass is 79.9. The molecule has 1 atom stereocenters. The molecule has 4 heteroatoms. The molecule has 2 aromatic rings. The van der Waals surface area contributed by atoms with Crippen molar-refractivity contribution in [1.29, 1.82) is 0 Å². The molecule has 0 radical (unpaired) electrons. The van der Waals surface area contributed by atoms with Crippen LogP contribution in [0.1, 0.15) is 27.1 Å². The highest BCUT2D eigenvalue weighted by Gasteiger charge is 2.18. The normalized spacial score (nSPS) is 12.5. The minimum absolute atomic E-state index is 0.156. The summed E-state index contributed by atoms with van der Waals surface area (Å²) in [6.07, 6.45) is 0. The molecule has 0 nitrogen and oxygen atoms in total. The minimum atomic E-state index is -0.204. The number of hydrogen-bond acceptors (Lipinski definition) is 0. The van der Waals surface area contributed by atoms with Gasteiger partial charge >= 0.3 is 0 Å². The summed E-state index contributed by atoms with van der Waals surface area (Å²) in [5, 5.41) is 0. The molecule has 0 bridgehead atoms. The Bertz CT molecular complexity index is 623. The van der Waals surface area contributed by atoms with Gasteiger partial charge in [0.25, 0.3) is 0 Å². The van der Waals surface area contributed by atoms with Gasteiger partial charge in [-0.25, -0.2) is 4.39 Å². The van der Waals surface area contributed by atoms with E-state index in [-0.39, 0.29) is 10.6 Å². The van der Waals surface area contributed by atoms with Crippen molar-refractivity contribution >= 4 is 47.8 Å². The van der Waals surface area contributed by atoms with E-state index in [0.717, 1.165) is 25.6 Å². The molecule has 0 heterocycles. The Morgan fingerprint density at radius 1 is 0.947 bits per heavy atom. The summed E-state index contributed by atoms with van der Waals surface area (Å²) in [5.41, 5.74) is 3.98. The molecule has 0 saturated heterocycles. The Morgan fingerprint density at radius 2 is 1.63 bits per heavy atom. The van der Waals surface area contributed by atoms with Gasteiger partial charge in [0.15, 0.2) is 0 Å². The third-order valence-corrected chi connectivity index (χ3v) is 5.39. The Kier molecular flexibility index (Phi) is 4.85. The van der Waals surface area contributed by atoms with E-state index in [9.17, 15) is 4.39 Å². The number of hydrogen-bond donors (Lipinski definition) is 0. The van der Waals surface area contributed by atoms with Crippen LogP contribution in [-0.2, 0) is 0 Å². The van der Waals surface area contributed by atoms with E-state index >= 15 is 0 Å². The van der Waals surface area contributed by atoms with Crippen LogP contribution in [0.25, 0.3) is 0 Å². The van der Waals surface area contributed by atoms with Crippen molar-refractivity contribution in [1.82, 2.24) is 0 Å². The van der Waals surface area contributed by atoms with E-state index in [1.165, 1.54) is 6.07 Å². The Morgan fingerprint density at radius 3 is 2.32 bits per heavy atom. The number of aryl methyl sites for hydroxylation is 2. The van der Waals surface area contributed by atoms with E-state index < -0.39 is 0 Å². The second kappa shape index (κ2) is 6.06. The zero-order chi connectivity index (χ0) is 14.2. The summed E-state index contributed by atoms with van der Waals surface area (Å²) >= 11 is 10.5. The van der Waals surface area contributed by atoms with Crippen LogP contribution in [0.2, 0.25) is 0 Å². The van der Waals surface area contributed by atoms with Crippen LogP contribution < -0.4 is 0 Å². The van der Waals surface area contributed by atoms with Crippen LogP contribution in [-0.4, -0.2) is 0 Å². The van der Waals surface area contributed by atoms with Crippen molar-refractivity contribution in [3.05, 3.63) is 67.3 Å². The van der Waals surface area contributed by atoms with Crippen LogP contribution in [0.5, 0.6) is 0 Å². The molecule has 0 aromatic heterocycles. The van der Waals surface area contributed by atoms with Gasteiger partial charge < -0.3 is 0 Å². The molecule has 1 unspecified atom stereocenters. The maximum atomic E-state index is 14.0. The summed E-state index contributed by atoms with van der Waals surface area (Å²) in [4.78, 5) is -0.156. The largest absolute Gasteiger partial charge is 0.207 e. The van der Waals surface area contributed by atoms with E-state index in [2.05, 4.69) is 59.9 Å². The van der Waals surface area contributed by atoms with Gasteiger partial charge in [0.05, 0.1) is 4.83 Å². The molecule has 0 aliphatic rings. The van der Waals surface area contributed by atoms with E-state index in [1.54, 1.807) is 6.07 Å². The maximum Gasteiger partial charge on any atom is 0.127 e. The van der Waals surface area contributed by atoms with Gasteiger partial charge in [-0.2, -0.15) is 0 Å². The molecule has 19 heavy (non-hydrogen) atoms. The molecule has 0 spiro atoms. The third kappa shape index (κ3) is 3.29. The average molecular weight is 451 g/mol. The van der Waals surface area contributed by atoms with Gasteiger partial charge in [-0.1, -0.05) is 53.9 Å². The number of halogens is 4. The molecule has 0 fully saturated rings. The zero-order valence-electron chi connectivity index (χ0n) is 10.5. The van der Waals surface area contributed by atoms with Gasteiger partial charge in [0.1, 0.15) is 5.82 Å². The van der Waals surface area contributed by atoms with Crippen molar-refractivity contribution in [3.8, 4) is 0 Å². The number of benzene rings is 2. The highest BCUT2D eigenvalue weighted by Crippen LogP contribution is 2.37. The first-order chi connectivity index (χ1) is 8.90. The molecule has 100 valence electrons. The first-order valence-corrected chi connectivity index (χ1v) is 8.26. The summed E-state index contributed by atoms with van der Waals surface area (Å²) < 4.78 is 15.9. The molecule has 0 N–H and O–H groups in total. The quantitative estimate of drug-likeness (QED) is 0.461. The van der Waals surface area contributed by atoms with Crippen molar-refractivity contribution < 1.29 is 4.39 Å². The molecule has 0 amide bonds. The first kappa shape index (κ1) is 15.2. The Balaban J connectivity index is 2.52. The maximum absolute atomic E-state index is 14.0. The zero-order valence-corrected chi connectivity index (χ0v) is 15.2. The van der Waals surface area contributed by atoms with Gasteiger partial charge in [0, 0.05) is 14.5 Å². The lowest BCUT2D eigenvalue weighted by Gasteiger charge is -2.16. The molecule has 2 rings (SSSR count). The molecular formula is C15H12Br3F. The molecule has 0 aliphatic heterocycles. The minimum Gasteiger partial charge on any atom is -0.207 e. The molecule has 0 saturated carbocycles. The molecule has 2 aromatic carbocycles. The lowest BCUT2D eigenvalue weighted by molar-refractivity contribution is 0.613. The summed E-state index contributed by atoms with van der Waals surface area (Å²) in [6, 6.07) is 9.15.